The van der Waals surface area contributed by atoms with E-state index in [1.54, 1.807) is 11.8 Å². The topological polar surface area (TPSA) is 66.4 Å². The molecule has 100 valence electrons. The predicted octanol–water partition coefficient (Wildman–Crippen LogP) is 2.14. The van der Waals surface area contributed by atoms with Crippen molar-refractivity contribution in [1.29, 1.82) is 0 Å². The molecule has 0 spiro atoms. The van der Waals surface area contributed by atoms with Crippen molar-refractivity contribution in [3.05, 3.63) is 0 Å². The Balaban J connectivity index is 4.16. The molecular weight excluding hydrogens is 238 g/mol. The van der Waals surface area contributed by atoms with Crippen molar-refractivity contribution in [2.24, 2.45) is 5.41 Å². The fourth-order valence-electron chi connectivity index (χ4n) is 1.30. The van der Waals surface area contributed by atoms with Crippen LogP contribution in [-0.2, 0) is 9.59 Å². The van der Waals surface area contributed by atoms with Crippen molar-refractivity contribution >= 4 is 23.6 Å². The molecule has 0 aromatic carbocycles. The molecule has 2 N–H and O–H groups in total. The van der Waals surface area contributed by atoms with Crippen LogP contribution in [0.1, 0.15) is 40.0 Å². The smallest absolute Gasteiger partial charge is 0.326 e. The van der Waals surface area contributed by atoms with E-state index in [4.69, 9.17) is 5.11 Å². The number of thioether (sulfide) groups is 1. The normalized spacial score (nSPS) is 13.2. The molecule has 1 unspecified atom stereocenters. The Hall–Kier alpha value is -0.710. The van der Waals surface area contributed by atoms with E-state index >= 15 is 0 Å². The van der Waals surface area contributed by atoms with Gasteiger partial charge in [0.15, 0.2) is 0 Å². The number of carbonyl (C=O) groups is 2. The second-order valence-corrected chi connectivity index (χ2v) is 6.29. The van der Waals surface area contributed by atoms with E-state index in [0.29, 0.717) is 12.8 Å². The summed E-state index contributed by atoms with van der Waals surface area (Å²) < 4.78 is 0. The van der Waals surface area contributed by atoms with Gasteiger partial charge in [-0.3, -0.25) is 4.79 Å². The van der Waals surface area contributed by atoms with Crippen LogP contribution in [0.3, 0.4) is 0 Å². The molecule has 0 bridgehead atoms. The number of hydrogen-bond acceptors (Lipinski definition) is 3. The van der Waals surface area contributed by atoms with Crippen molar-refractivity contribution in [1.82, 2.24) is 5.32 Å². The van der Waals surface area contributed by atoms with Gasteiger partial charge in [0.2, 0.25) is 5.91 Å². The first kappa shape index (κ1) is 16.3. The SMILES string of the molecule is CSCCC(=O)NC(CCC(C)(C)C)C(=O)O. The summed E-state index contributed by atoms with van der Waals surface area (Å²) in [4.78, 5) is 22.5. The third-order valence-electron chi connectivity index (χ3n) is 2.35. The van der Waals surface area contributed by atoms with E-state index in [0.717, 1.165) is 12.2 Å². The van der Waals surface area contributed by atoms with Gasteiger partial charge in [-0.1, -0.05) is 20.8 Å². The van der Waals surface area contributed by atoms with Crippen LogP contribution < -0.4 is 5.32 Å². The molecule has 0 aromatic heterocycles. The third-order valence-corrected chi connectivity index (χ3v) is 2.96. The van der Waals surface area contributed by atoms with Crippen LogP contribution in [0.15, 0.2) is 0 Å². The molecule has 0 heterocycles. The van der Waals surface area contributed by atoms with Crippen molar-refractivity contribution in [2.75, 3.05) is 12.0 Å². The van der Waals surface area contributed by atoms with Gasteiger partial charge in [-0.15, -0.1) is 0 Å². The Morgan fingerprint density at radius 1 is 1.35 bits per heavy atom. The summed E-state index contributed by atoms with van der Waals surface area (Å²) in [6.45, 7) is 6.17. The molecule has 0 rings (SSSR count). The predicted molar refractivity (Wildman–Crippen MR) is 71.3 cm³/mol. The quantitative estimate of drug-likeness (QED) is 0.737. The monoisotopic (exact) mass is 261 g/mol. The fraction of sp³-hybridized carbons (Fsp3) is 0.833. The number of hydrogen-bond donors (Lipinski definition) is 2. The standard InChI is InChI=1S/C12H23NO3S/c1-12(2,3)7-5-9(11(15)16)13-10(14)6-8-17-4/h9H,5-8H2,1-4H3,(H,13,14)(H,15,16). The van der Waals surface area contributed by atoms with Gasteiger partial charge in [-0.05, 0) is 24.5 Å². The highest BCUT2D eigenvalue weighted by Gasteiger charge is 2.22. The summed E-state index contributed by atoms with van der Waals surface area (Å²) in [5.74, 6) is -0.412. The largest absolute Gasteiger partial charge is 0.480 e. The molecule has 17 heavy (non-hydrogen) atoms. The van der Waals surface area contributed by atoms with Crippen LogP contribution in [0, 0.1) is 5.41 Å². The highest BCUT2D eigenvalue weighted by molar-refractivity contribution is 7.98. The third kappa shape index (κ3) is 9.03. The van der Waals surface area contributed by atoms with Crippen LogP contribution in [0.5, 0.6) is 0 Å². The zero-order valence-electron chi connectivity index (χ0n) is 11.1. The van der Waals surface area contributed by atoms with E-state index in [9.17, 15) is 9.59 Å². The Kier molecular flexibility index (Phi) is 7.27. The first-order valence-corrected chi connectivity index (χ1v) is 7.17. The zero-order chi connectivity index (χ0) is 13.5. The Morgan fingerprint density at radius 3 is 2.35 bits per heavy atom. The number of rotatable bonds is 7. The molecule has 0 aliphatic rings. The number of carbonyl (C=O) groups excluding carboxylic acids is 1. The minimum atomic E-state index is -0.952. The molecular formula is C12H23NO3S. The Labute approximate surface area is 108 Å². The van der Waals surface area contributed by atoms with Crippen molar-refractivity contribution in [2.45, 2.75) is 46.1 Å². The average molecular weight is 261 g/mol. The van der Waals surface area contributed by atoms with Crippen molar-refractivity contribution in [3.63, 3.8) is 0 Å². The molecule has 0 radical (unpaired) electrons. The first-order valence-electron chi connectivity index (χ1n) is 5.77. The minimum absolute atomic E-state index is 0.0810. The molecule has 0 saturated heterocycles. The van der Waals surface area contributed by atoms with Gasteiger partial charge < -0.3 is 10.4 Å². The van der Waals surface area contributed by atoms with E-state index in [1.807, 2.05) is 6.26 Å². The average Bonchev–Trinajstić information content (AvgIpc) is 2.19. The second kappa shape index (κ2) is 7.58. The summed E-state index contributed by atoms with van der Waals surface area (Å²) in [5.41, 5.74) is 0.0810. The van der Waals surface area contributed by atoms with Crippen LogP contribution in [-0.4, -0.2) is 35.0 Å². The van der Waals surface area contributed by atoms with Crippen molar-refractivity contribution < 1.29 is 14.7 Å². The van der Waals surface area contributed by atoms with Gasteiger partial charge in [-0.2, -0.15) is 11.8 Å². The van der Waals surface area contributed by atoms with E-state index in [2.05, 4.69) is 26.1 Å². The number of carboxylic acids is 1. The molecule has 5 heteroatoms. The summed E-state index contributed by atoms with van der Waals surface area (Å²) >= 11 is 1.57. The maximum Gasteiger partial charge on any atom is 0.326 e. The van der Waals surface area contributed by atoms with E-state index in [1.165, 1.54) is 0 Å². The molecule has 0 saturated carbocycles. The summed E-state index contributed by atoms with van der Waals surface area (Å²) in [6.07, 6.45) is 3.54. The minimum Gasteiger partial charge on any atom is -0.480 e. The summed E-state index contributed by atoms with van der Waals surface area (Å²) in [6, 6.07) is -0.761. The lowest BCUT2D eigenvalue weighted by atomic mass is 9.88. The summed E-state index contributed by atoms with van der Waals surface area (Å²) in [5, 5.41) is 11.6. The molecule has 0 aliphatic heterocycles. The zero-order valence-corrected chi connectivity index (χ0v) is 11.9. The van der Waals surface area contributed by atoms with Crippen molar-refractivity contribution in [3.8, 4) is 0 Å². The molecule has 0 fully saturated rings. The van der Waals surface area contributed by atoms with Gasteiger partial charge in [0.05, 0.1) is 0 Å². The first-order chi connectivity index (χ1) is 7.76. The number of carboxylic acid groups (broad SMARTS) is 1. The maximum atomic E-state index is 11.5. The van der Waals surface area contributed by atoms with E-state index in [-0.39, 0.29) is 11.3 Å². The molecule has 0 aromatic rings. The number of nitrogens with one attached hydrogen (secondary N) is 1. The van der Waals surface area contributed by atoms with Gasteiger partial charge in [0.1, 0.15) is 6.04 Å². The Bertz CT molecular complexity index is 261. The molecule has 4 nitrogen and oxygen atoms in total. The fourth-order valence-corrected chi connectivity index (χ4v) is 1.69. The van der Waals surface area contributed by atoms with Crippen LogP contribution >= 0.6 is 11.8 Å². The van der Waals surface area contributed by atoms with Crippen LogP contribution in [0.2, 0.25) is 0 Å². The highest BCUT2D eigenvalue weighted by Crippen LogP contribution is 2.21. The second-order valence-electron chi connectivity index (χ2n) is 5.30. The summed E-state index contributed by atoms with van der Waals surface area (Å²) in [7, 11) is 0. The molecule has 1 atom stereocenters. The highest BCUT2D eigenvalue weighted by atomic mass is 32.2. The van der Waals surface area contributed by atoms with Crippen LogP contribution in [0.25, 0.3) is 0 Å². The number of aliphatic carboxylic acids is 1. The lowest BCUT2D eigenvalue weighted by molar-refractivity contribution is -0.142. The lowest BCUT2D eigenvalue weighted by Crippen LogP contribution is -2.41. The lowest BCUT2D eigenvalue weighted by Gasteiger charge is -2.21. The van der Waals surface area contributed by atoms with E-state index < -0.39 is 12.0 Å². The maximum absolute atomic E-state index is 11.5. The van der Waals surface area contributed by atoms with Gasteiger partial charge >= 0.3 is 5.97 Å². The van der Waals surface area contributed by atoms with Gasteiger partial charge in [0.25, 0.3) is 0 Å². The van der Waals surface area contributed by atoms with Gasteiger partial charge in [-0.25, -0.2) is 4.79 Å². The van der Waals surface area contributed by atoms with Crippen LogP contribution in [0.4, 0.5) is 0 Å². The molecule has 1 amide bonds. The Morgan fingerprint density at radius 2 is 1.94 bits per heavy atom. The number of amides is 1. The molecule has 0 aliphatic carbocycles. The van der Waals surface area contributed by atoms with Gasteiger partial charge in [0, 0.05) is 12.2 Å².